The number of hydrogen-bond donors (Lipinski definition) is 1. The smallest absolute Gasteiger partial charge is 0.253 e. The average Bonchev–Trinajstić information content (AvgIpc) is 3.49. The fourth-order valence-electron chi connectivity index (χ4n) is 4.98. The minimum Gasteiger partial charge on any atom is -0.378 e. The Morgan fingerprint density at radius 2 is 1.52 bits per heavy atom. The third-order valence-corrected chi connectivity index (χ3v) is 6.69. The number of aromatic nitrogens is 2. The number of rotatable bonds is 4. The highest BCUT2D eigenvalue weighted by Crippen LogP contribution is 2.40. The summed E-state index contributed by atoms with van der Waals surface area (Å²) in [6, 6.07) is 14.4. The van der Waals surface area contributed by atoms with E-state index in [1.54, 1.807) is 12.4 Å². The molecule has 170 valence electrons. The van der Waals surface area contributed by atoms with Gasteiger partial charge in [-0.3, -0.25) is 9.69 Å². The number of morpholine rings is 2. The molecule has 3 aliphatic rings. The number of nitrogens with one attached hydrogen (secondary N) is 1. The number of nitrogens with zero attached hydrogens (tertiary/aromatic N) is 4. The Morgan fingerprint density at radius 1 is 0.848 bits per heavy atom. The van der Waals surface area contributed by atoms with Crippen LogP contribution in [0.3, 0.4) is 0 Å². The van der Waals surface area contributed by atoms with Crippen molar-refractivity contribution in [3.8, 4) is 0 Å². The molecule has 1 amide bonds. The number of hydrogen-bond acceptors (Lipinski definition) is 6. The van der Waals surface area contributed by atoms with Crippen molar-refractivity contribution in [1.29, 1.82) is 0 Å². The molecule has 8 nitrogen and oxygen atoms in total. The average molecular weight is 446 g/mol. The lowest BCUT2D eigenvalue weighted by Crippen LogP contribution is -2.39. The maximum atomic E-state index is 13.3. The standard InChI is InChI=1S/C25H27N5O3/c31-24-16-23(29-9-13-33-14-10-29)25(30(24)20-5-6-21-22(15-20)27-17-26-21)18-1-3-19(4-2-18)28-7-11-32-12-8-28/h1-6,15-17,25H,7-14H2,(H,26,27). The van der Waals surface area contributed by atoms with Gasteiger partial charge in [-0.25, -0.2) is 4.98 Å². The van der Waals surface area contributed by atoms with Gasteiger partial charge in [-0.15, -0.1) is 0 Å². The Bertz CT molecular complexity index is 1180. The molecule has 2 saturated heterocycles. The van der Waals surface area contributed by atoms with Gasteiger partial charge >= 0.3 is 0 Å². The first kappa shape index (κ1) is 20.3. The van der Waals surface area contributed by atoms with Crippen LogP contribution < -0.4 is 9.80 Å². The fourth-order valence-corrected chi connectivity index (χ4v) is 4.98. The van der Waals surface area contributed by atoms with Gasteiger partial charge in [0.1, 0.15) is 6.04 Å². The van der Waals surface area contributed by atoms with Gasteiger partial charge in [0.25, 0.3) is 5.91 Å². The summed E-state index contributed by atoms with van der Waals surface area (Å²) in [5, 5.41) is 0. The van der Waals surface area contributed by atoms with Crippen molar-refractivity contribution in [2.75, 3.05) is 62.4 Å². The highest BCUT2D eigenvalue weighted by molar-refractivity contribution is 6.06. The second kappa shape index (κ2) is 8.53. The van der Waals surface area contributed by atoms with E-state index in [-0.39, 0.29) is 11.9 Å². The molecule has 2 fully saturated rings. The molecule has 0 spiro atoms. The zero-order valence-corrected chi connectivity index (χ0v) is 18.4. The molecule has 4 heterocycles. The zero-order valence-electron chi connectivity index (χ0n) is 18.4. The van der Waals surface area contributed by atoms with Crippen molar-refractivity contribution in [2.45, 2.75) is 6.04 Å². The van der Waals surface area contributed by atoms with Gasteiger partial charge in [0, 0.05) is 49.3 Å². The maximum Gasteiger partial charge on any atom is 0.253 e. The normalized spacial score (nSPS) is 21.7. The first-order valence-electron chi connectivity index (χ1n) is 11.5. The molecule has 1 unspecified atom stereocenters. The van der Waals surface area contributed by atoms with Crippen LogP contribution >= 0.6 is 0 Å². The third-order valence-electron chi connectivity index (χ3n) is 6.69. The van der Waals surface area contributed by atoms with E-state index in [2.05, 4.69) is 44.0 Å². The molecule has 0 aliphatic carbocycles. The third kappa shape index (κ3) is 3.75. The van der Waals surface area contributed by atoms with E-state index in [0.717, 1.165) is 67.4 Å². The van der Waals surface area contributed by atoms with Crippen molar-refractivity contribution in [2.24, 2.45) is 0 Å². The minimum atomic E-state index is -0.189. The lowest BCUT2D eigenvalue weighted by atomic mass is 10.0. The lowest BCUT2D eigenvalue weighted by Gasteiger charge is -2.36. The number of H-pyrrole nitrogens is 1. The van der Waals surface area contributed by atoms with Gasteiger partial charge in [-0.1, -0.05) is 12.1 Å². The van der Waals surface area contributed by atoms with Crippen LogP contribution in [0.5, 0.6) is 0 Å². The van der Waals surface area contributed by atoms with Crippen LogP contribution in [0, 0.1) is 0 Å². The Balaban J connectivity index is 1.37. The molecule has 3 aliphatic heterocycles. The SMILES string of the molecule is O=C1C=C(N2CCOCC2)C(c2ccc(N3CCOCC3)cc2)N1c1ccc2[nH]cnc2c1. The molecule has 33 heavy (non-hydrogen) atoms. The molecule has 1 atom stereocenters. The van der Waals surface area contributed by atoms with E-state index in [4.69, 9.17) is 9.47 Å². The number of benzene rings is 2. The molecule has 0 saturated carbocycles. The van der Waals surface area contributed by atoms with Gasteiger partial charge in [0.05, 0.1) is 43.8 Å². The maximum absolute atomic E-state index is 13.3. The fraction of sp³-hybridized carbons (Fsp3) is 0.360. The van der Waals surface area contributed by atoms with Crippen LogP contribution in [0.25, 0.3) is 11.0 Å². The molecule has 2 aromatic carbocycles. The van der Waals surface area contributed by atoms with E-state index >= 15 is 0 Å². The van der Waals surface area contributed by atoms with Crippen molar-refractivity contribution >= 4 is 28.3 Å². The van der Waals surface area contributed by atoms with Crippen LogP contribution in [0.1, 0.15) is 11.6 Å². The lowest BCUT2D eigenvalue weighted by molar-refractivity contribution is -0.113. The second-order valence-corrected chi connectivity index (χ2v) is 8.57. The Hall–Kier alpha value is -3.36. The van der Waals surface area contributed by atoms with E-state index in [1.165, 1.54) is 5.69 Å². The van der Waals surface area contributed by atoms with Crippen molar-refractivity contribution in [3.05, 3.63) is 66.1 Å². The van der Waals surface area contributed by atoms with Crippen molar-refractivity contribution in [3.63, 3.8) is 0 Å². The van der Waals surface area contributed by atoms with Gasteiger partial charge in [0.15, 0.2) is 0 Å². The summed E-state index contributed by atoms with van der Waals surface area (Å²) in [5.74, 6) is -0.00590. The summed E-state index contributed by atoms with van der Waals surface area (Å²) in [6.07, 6.45) is 3.47. The van der Waals surface area contributed by atoms with E-state index in [1.807, 2.05) is 23.1 Å². The molecule has 0 bridgehead atoms. The number of carbonyl (C=O) groups excluding carboxylic acids is 1. The van der Waals surface area contributed by atoms with Crippen LogP contribution in [0.15, 0.2) is 60.6 Å². The zero-order chi connectivity index (χ0) is 22.2. The van der Waals surface area contributed by atoms with Crippen LogP contribution in [-0.2, 0) is 14.3 Å². The molecular formula is C25H27N5O3. The Kier molecular flexibility index (Phi) is 5.24. The minimum absolute atomic E-state index is 0.00590. The number of imidazole rings is 1. The quantitative estimate of drug-likeness (QED) is 0.666. The van der Waals surface area contributed by atoms with Crippen LogP contribution in [0.4, 0.5) is 11.4 Å². The Morgan fingerprint density at radius 3 is 2.24 bits per heavy atom. The molecule has 6 rings (SSSR count). The van der Waals surface area contributed by atoms with Gasteiger partial charge in [0.2, 0.25) is 0 Å². The summed E-state index contributed by atoms with van der Waals surface area (Å²) in [4.78, 5) is 27.4. The topological polar surface area (TPSA) is 73.9 Å². The molecule has 1 N–H and O–H groups in total. The number of anilines is 2. The van der Waals surface area contributed by atoms with E-state index in [9.17, 15) is 4.79 Å². The summed E-state index contributed by atoms with van der Waals surface area (Å²) in [7, 11) is 0. The molecule has 3 aromatic rings. The van der Waals surface area contributed by atoms with Gasteiger partial charge < -0.3 is 24.3 Å². The predicted octanol–water partition coefficient (Wildman–Crippen LogP) is 2.70. The number of amides is 1. The number of carbonyl (C=O) groups is 1. The van der Waals surface area contributed by atoms with Crippen molar-refractivity contribution < 1.29 is 14.3 Å². The van der Waals surface area contributed by atoms with Gasteiger partial charge in [-0.2, -0.15) is 0 Å². The first-order valence-corrected chi connectivity index (χ1v) is 11.5. The van der Waals surface area contributed by atoms with Crippen LogP contribution in [0.2, 0.25) is 0 Å². The Labute approximate surface area is 192 Å². The monoisotopic (exact) mass is 445 g/mol. The number of ether oxygens (including phenoxy) is 2. The summed E-state index contributed by atoms with van der Waals surface area (Å²) >= 11 is 0. The van der Waals surface area contributed by atoms with Crippen molar-refractivity contribution in [1.82, 2.24) is 14.9 Å². The molecule has 8 heteroatoms. The summed E-state index contributed by atoms with van der Waals surface area (Å²) in [5.41, 5.74) is 5.97. The van der Waals surface area contributed by atoms with Crippen LogP contribution in [-0.4, -0.2) is 73.4 Å². The number of fused-ring (bicyclic) bond motifs is 1. The van der Waals surface area contributed by atoms with E-state index < -0.39 is 0 Å². The number of aromatic amines is 1. The molecule has 1 aromatic heterocycles. The molecular weight excluding hydrogens is 418 g/mol. The highest BCUT2D eigenvalue weighted by atomic mass is 16.5. The molecule has 0 radical (unpaired) electrons. The van der Waals surface area contributed by atoms with Gasteiger partial charge in [-0.05, 0) is 35.9 Å². The summed E-state index contributed by atoms with van der Waals surface area (Å²) in [6.45, 7) is 6.23. The first-order chi connectivity index (χ1) is 16.3. The predicted molar refractivity (Wildman–Crippen MR) is 126 cm³/mol. The second-order valence-electron chi connectivity index (χ2n) is 8.57. The highest BCUT2D eigenvalue weighted by Gasteiger charge is 2.38. The van der Waals surface area contributed by atoms with E-state index in [0.29, 0.717) is 13.2 Å². The summed E-state index contributed by atoms with van der Waals surface area (Å²) < 4.78 is 11.1. The largest absolute Gasteiger partial charge is 0.378 e.